The lowest BCUT2D eigenvalue weighted by Gasteiger charge is -2.07. The lowest BCUT2D eigenvalue weighted by atomic mass is 10.2. The molecule has 0 spiro atoms. The van der Waals surface area contributed by atoms with E-state index in [4.69, 9.17) is 0 Å². The first-order valence-electron chi connectivity index (χ1n) is 8.19. The fraction of sp³-hybridized carbons (Fsp3) is 0.150. The van der Waals surface area contributed by atoms with Crippen molar-refractivity contribution in [1.29, 1.82) is 0 Å². The Kier molecular flexibility index (Phi) is 6.26. The maximum atomic E-state index is 12.4. The number of aryl methyl sites for hydroxylation is 1. The number of thioether (sulfide) groups is 1. The molecule has 0 saturated carbocycles. The number of rotatable bonds is 6. The van der Waals surface area contributed by atoms with Crippen LogP contribution in [-0.4, -0.2) is 24.0 Å². The second-order valence-electron chi connectivity index (χ2n) is 5.69. The van der Waals surface area contributed by atoms with Crippen molar-refractivity contribution in [1.82, 2.24) is 4.98 Å². The van der Waals surface area contributed by atoms with Gasteiger partial charge in [0.15, 0.2) is 0 Å². The number of nitrogens with zero attached hydrogens (tertiary/aromatic N) is 1. The molecule has 7 heteroatoms. The molecule has 0 atom stereocenters. The molecule has 0 radical (unpaired) electrons. The van der Waals surface area contributed by atoms with Crippen molar-refractivity contribution >= 4 is 40.7 Å². The summed E-state index contributed by atoms with van der Waals surface area (Å²) in [7, 11) is 1.33. The van der Waals surface area contributed by atoms with E-state index >= 15 is 0 Å². The Labute approximate surface area is 165 Å². The molecule has 0 unspecified atom stereocenters. The Balaban J connectivity index is 1.57. The van der Waals surface area contributed by atoms with Gasteiger partial charge in [-0.3, -0.25) is 4.79 Å². The summed E-state index contributed by atoms with van der Waals surface area (Å²) >= 11 is 3.33. The zero-order valence-electron chi connectivity index (χ0n) is 14.9. The third-order valence-electron chi connectivity index (χ3n) is 3.73. The van der Waals surface area contributed by atoms with Gasteiger partial charge in [-0.05, 0) is 55.5 Å². The minimum atomic E-state index is -0.409. The third kappa shape index (κ3) is 5.18. The van der Waals surface area contributed by atoms with E-state index in [0.29, 0.717) is 16.8 Å². The molecule has 1 heterocycles. The number of amides is 1. The van der Waals surface area contributed by atoms with E-state index in [1.54, 1.807) is 59.5 Å². The summed E-state index contributed by atoms with van der Waals surface area (Å²) in [4.78, 5) is 29.3. The zero-order valence-corrected chi connectivity index (χ0v) is 16.5. The minimum Gasteiger partial charge on any atom is -0.465 e. The van der Waals surface area contributed by atoms with E-state index in [-0.39, 0.29) is 5.91 Å². The van der Waals surface area contributed by atoms with Gasteiger partial charge in [0, 0.05) is 27.3 Å². The average Bonchev–Trinajstić information content (AvgIpc) is 3.12. The number of ether oxygens (including phenoxy) is 1. The first-order chi connectivity index (χ1) is 13.0. The number of hydrogen-bond donors (Lipinski definition) is 1. The summed E-state index contributed by atoms with van der Waals surface area (Å²) in [6, 6.07) is 14.0. The highest BCUT2D eigenvalue weighted by Gasteiger charge is 2.09. The molecular formula is C20H18N2O3S2. The summed E-state index contributed by atoms with van der Waals surface area (Å²) in [5.41, 5.74) is 2.69. The number of anilines is 1. The van der Waals surface area contributed by atoms with Crippen LogP contribution in [0.1, 0.15) is 31.4 Å². The predicted octanol–water partition coefficient (Wildman–Crippen LogP) is 4.78. The maximum absolute atomic E-state index is 12.4. The van der Waals surface area contributed by atoms with Crippen molar-refractivity contribution in [3.63, 3.8) is 0 Å². The third-order valence-corrected chi connectivity index (χ3v) is 5.60. The topological polar surface area (TPSA) is 68.3 Å². The summed E-state index contributed by atoms with van der Waals surface area (Å²) < 4.78 is 4.66. The zero-order chi connectivity index (χ0) is 19.2. The van der Waals surface area contributed by atoms with Crippen molar-refractivity contribution < 1.29 is 14.3 Å². The van der Waals surface area contributed by atoms with Crippen LogP contribution in [0.15, 0.2) is 58.8 Å². The summed E-state index contributed by atoms with van der Waals surface area (Å²) in [5.74, 6) is 0.198. The molecule has 0 aliphatic heterocycles. The fourth-order valence-corrected chi connectivity index (χ4v) is 3.85. The van der Waals surface area contributed by atoms with Crippen molar-refractivity contribution in [3.8, 4) is 0 Å². The molecule has 27 heavy (non-hydrogen) atoms. The monoisotopic (exact) mass is 398 g/mol. The molecule has 138 valence electrons. The number of carbonyl (C=O) groups excluding carboxylic acids is 2. The highest BCUT2D eigenvalue weighted by Crippen LogP contribution is 2.24. The first-order valence-corrected chi connectivity index (χ1v) is 10.1. The number of aromatic nitrogens is 1. The Morgan fingerprint density at radius 3 is 2.33 bits per heavy atom. The van der Waals surface area contributed by atoms with Gasteiger partial charge in [0.05, 0.1) is 23.4 Å². The van der Waals surface area contributed by atoms with E-state index in [2.05, 4.69) is 20.4 Å². The molecule has 5 nitrogen and oxygen atoms in total. The van der Waals surface area contributed by atoms with Crippen molar-refractivity contribution in [3.05, 3.63) is 75.7 Å². The van der Waals surface area contributed by atoms with Crippen molar-refractivity contribution in [2.45, 2.75) is 17.6 Å². The van der Waals surface area contributed by atoms with Crippen molar-refractivity contribution in [2.75, 3.05) is 12.4 Å². The predicted molar refractivity (Wildman–Crippen MR) is 109 cm³/mol. The molecule has 0 fully saturated rings. The van der Waals surface area contributed by atoms with Crippen LogP contribution in [0.2, 0.25) is 0 Å². The molecule has 1 N–H and O–H groups in total. The van der Waals surface area contributed by atoms with Gasteiger partial charge in [-0.25, -0.2) is 9.78 Å². The van der Waals surface area contributed by atoms with E-state index in [1.807, 2.05) is 19.1 Å². The number of carbonyl (C=O) groups is 2. The highest BCUT2D eigenvalue weighted by molar-refractivity contribution is 7.98. The minimum absolute atomic E-state index is 0.201. The maximum Gasteiger partial charge on any atom is 0.337 e. The Morgan fingerprint density at radius 1 is 1.07 bits per heavy atom. The molecule has 1 aromatic heterocycles. The molecule has 3 rings (SSSR count). The SMILES string of the molecule is COC(=O)c1ccc(NC(=O)c2ccc(SCc3csc(C)n3)cc2)cc1. The quantitative estimate of drug-likeness (QED) is 0.478. The second kappa shape index (κ2) is 8.83. The van der Waals surface area contributed by atoms with Gasteiger partial charge in [-0.1, -0.05) is 0 Å². The van der Waals surface area contributed by atoms with E-state index in [9.17, 15) is 9.59 Å². The lowest BCUT2D eigenvalue weighted by Crippen LogP contribution is -2.12. The number of benzene rings is 2. The molecule has 1 amide bonds. The number of esters is 1. The standard InChI is InChI=1S/C20H18N2O3S2/c1-13-21-17(11-26-13)12-27-18-9-5-14(6-10-18)19(23)22-16-7-3-15(4-8-16)20(24)25-2/h3-11H,12H2,1-2H3,(H,22,23). The average molecular weight is 399 g/mol. The molecule has 0 aliphatic carbocycles. The van der Waals surface area contributed by atoms with Gasteiger partial charge in [0.1, 0.15) is 0 Å². The van der Waals surface area contributed by atoms with Crippen LogP contribution in [0.25, 0.3) is 0 Å². The number of thiazole rings is 1. The molecule has 3 aromatic rings. The molecule has 0 aliphatic rings. The van der Waals surface area contributed by atoms with E-state index in [1.165, 1.54) is 7.11 Å². The Bertz CT molecular complexity index is 935. The van der Waals surface area contributed by atoms with Crippen LogP contribution < -0.4 is 5.32 Å². The van der Waals surface area contributed by atoms with Crippen molar-refractivity contribution in [2.24, 2.45) is 0 Å². The lowest BCUT2D eigenvalue weighted by molar-refractivity contribution is 0.0600. The summed E-state index contributed by atoms with van der Waals surface area (Å²) in [6.07, 6.45) is 0. The number of nitrogens with one attached hydrogen (secondary N) is 1. The van der Waals surface area contributed by atoms with Crippen LogP contribution in [-0.2, 0) is 10.5 Å². The molecule has 0 saturated heterocycles. The second-order valence-corrected chi connectivity index (χ2v) is 7.80. The Hall–Kier alpha value is -2.64. The Morgan fingerprint density at radius 2 is 1.74 bits per heavy atom. The van der Waals surface area contributed by atoms with Gasteiger partial charge in [-0.15, -0.1) is 23.1 Å². The summed E-state index contributed by atoms with van der Waals surface area (Å²) in [6.45, 7) is 2.00. The molecule has 2 aromatic carbocycles. The number of hydrogen-bond acceptors (Lipinski definition) is 6. The highest BCUT2D eigenvalue weighted by atomic mass is 32.2. The van der Waals surface area contributed by atoms with Crippen LogP contribution >= 0.6 is 23.1 Å². The van der Waals surface area contributed by atoms with E-state index < -0.39 is 5.97 Å². The smallest absolute Gasteiger partial charge is 0.337 e. The van der Waals surface area contributed by atoms with Crippen LogP contribution in [0, 0.1) is 6.92 Å². The van der Waals surface area contributed by atoms with Gasteiger partial charge in [0.2, 0.25) is 0 Å². The summed E-state index contributed by atoms with van der Waals surface area (Å²) in [5, 5.41) is 5.95. The molecule has 0 bridgehead atoms. The van der Waals surface area contributed by atoms with Crippen LogP contribution in [0.3, 0.4) is 0 Å². The van der Waals surface area contributed by atoms with Crippen LogP contribution in [0.4, 0.5) is 5.69 Å². The van der Waals surface area contributed by atoms with Gasteiger partial charge >= 0.3 is 5.97 Å². The van der Waals surface area contributed by atoms with Crippen LogP contribution in [0.5, 0.6) is 0 Å². The first kappa shape index (κ1) is 19.1. The number of methoxy groups -OCH3 is 1. The fourth-order valence-electron chi connectivity index (χ4n) is 2.35. The van der Waals surface area contributed by atoms with Gasteiger partial charge < -0.3 is 10.1 Å². The van der Waals surface area contributed by atoms with Gasteiger partial charge in [0.25, 0.3) is 5.91 Å². The largest absolute Gasteiger partial charge is 0.465 e. The molecular weight excluding hydrogens is 380 g/mol. The normalized spacial score (nSPS) is 10.4. The van der Waals surface area contributed by atoms with Gasteiger partial charge in [-0.2, -0.15) is 0 Å². The van der Waals surface area contributed by atoms with E-state index in [0.717, 1.165) is 21.3 Å².